The molecule has 0 aliphatic rings. The average Bonchev–Trinajstić information content (AvgIpc) is 2.59. The second-order valence-electron chi connectivity index (χ2n) is 9.76. The van der Waals surface area contributed by atoms with Gasteiger partial charge in [0.2, 0.25) is 0 Å². The molecule has 0 bridgehead atoms. The molecule has 0 aliphatic carbocycles. The summed E-state index contributed by atoms with van der Waals surface area (Å²) in [6.07, 6.45) is 5.00. The minimum atomic E-state index is 0. The van der Waals surface area contributed by atoms with E-state index in [1.54, 1.807) is 0 Å². The van der Waals surface area contributed by atoms with Crippen LogP contribution in [0.2, 0.25) is 0 Å². The molecular formula is C31H84. The highest BCUT2D eigenvalue weighted by atomic mass is 13.8. The number of hydrogen-bond donors (Lipinski definition) is 0. The molecule has 0 spiro atoms. The fraction of sp³-hybridized carbons (Fsp3) is 1.00. The molecule has 0 aromatic rings. The van der Waals surface area contributed by atoms with Crippen molar-refractivity contribution in [2.75, 3.05) is 0 Å². The zero-order chi connectivity index (χ0) is 29.1. The van der Waals surface area contributed by atoms with Crippen LogP contribution in [0.5, 0.6) is 0 Å². The molecule has 0 aliphatic heterocycles. The van der Waals surface area contributed by atoms with Gasteiger partial charge < -0.3 is 0 Å². The van der Waals surface area contributed by atoms with E-state index in [-0.39, 0.29) is 7.43 Å². The third-order valence-corrected chi connectivity index (χ3v) is 0. The highest BCUT2D eigenvalue weighted by Crippen LogP contribution is 1.82. The Balaban J connectivity index is -0.0000000182. The van der Waals surface area contributed by atoms with Gasteiger partial charge in [-0.2, -0.15) is 0 Å². The Morgan fingerprint density at radius 2 is 0.323 bits per heavy atom. The third kappa shape index (κ3) is 0. The molecular weight excluding hydrogens is 372 g/mol. The van der Waals surface area contributed by atoms with Crippen molar-refractivity contribution < 1.29 is 2.74 Å². The predicted octanol–water partition coefficient (Wildman–Crippen LogP) is 14.2. The molecule has 0 rings (SSSR count). The van der Waals surface area contributed by atoms with E-state index in [4.69, 9.17) is 2.74 Å². The highest BCUT2D eigenvalue weighted by Gasteiger charge is 1.69. The lowest BCUT2D eigenvalue weighted by Crippen LogP contribution is -1.66. The van der Waals surface area contributed by atoms with Gasteiger partial charge in [0, 0.05) is 2.74 Å². The molecule has 0 heterocycles. The summed E-state index contributed by atoms with van der Waals surface area (Å²) >= 11 is 0. The molecule has 0 atom stereocenters. The second kappa shape index (κ2) is 98.6. The summed E-state index contributed by atoms with van der Waals surface area (Å²) in [5, 5.41) is 0. The van der Waals surface area contributed by atoms with Gasteiger partial charge in [-0.05, 0) is 23.7 Å². The van der Waals surface area contributed by atoms with Crippen molar-refractivity contribution in [2.45, 2.75) is 186 Å². The van der Waals surface area contributed by atoms with E-state index in [0.29, 0.717) is 0 Å². The van der Waals surface area contributed by atoms with Crippen LogP contribution in [-0.2, 0) is 0 Å². The zero-order valence-corrected chi connectivity index (χ0v) is 27.1. The van der Waals surface area contributed by atoms with Gasteiger partial charge in [0.05, 0.1) is 0 Å². The van der Waals surface area contributed by atoms with Crippen LogP contribution < -0.4 is 0 Å². The molecule has 0 N–H and O–H groups in total. The fourth-order valence-electron chi connectivity index (χ4n) is 0. The Morgan fingerprint density at radius 1 is 0.323 bits per heavy atom. The van der Waals surface area contributed by atoms with E-state index < -0.39 is 0 Å². The lowest BCUT2D eigenvalue weighted by atomic mass is 10.3. The van der Waals surface area contributed by atoms with Gasteiger partial charge in [0.25, 0.3) is 0 Å². The van der Waals surface area contributed by atoms with Crippen molar-refractivity contribution >= 4 is 0 Å². The molecule has 0 heteroatoms. The van der Waals surface area contributed by atoms with Crippen molar-refractivity contribution in [3.05, 3.63) is 0 Å². The van der Waals surface area contributed by atoms with Crippen molar-refractivity contribution in [3.8, 4) is 0 Å². The minimum absolute atomic E-state index is 0. The molecule has 0 fully saturated rings. The van der Waals surface area contributed by atoms with E-state index in [2.05, 4.69) is 138 Å². The van der Waals surface area contributed by atoms with E-state index >= 15 is 0 Å². The summed E-state index contributed by atoms with van der Waals surface area (Å²) in [5.41, 5.74) is 0. The normalized spacial score (nSPS) is 7.42. The molecule has 0 unspecified atom stereocenters. The topological polar surface area (TPSA) is 0 Å². The van der Waals surface area contributed by atoms with Gasteiger partial charge in [-0.15, -0.1) is 0 Å². The van der Waals surface area contributed by atoms with E-state index in [1.807, 2.05) is 0 Å². The van der Waals surface area contributed by atoms with Gasteiger partial charge in [0.15, 0.2) is 0 Å². The van der Waals surface area contributed by atoms with E-state index in [0.717, 1.165) is 23.7 Å². The van der Waals surface area contributed by atoms with Crippen LogP contribution >= 0.6 is 0 Å². The first-order chi connectivity index (χ1) is 14.6. The third-order valence-electron chi connectivity index (χ3n) is 0. The van der Waals surface area contributed by atoms with Gasteiger partial charge >= 0.3 is 0 Å². The van der Waals surface area contributed by atoms with Crippen LogP contribution in [0.15, 0.2) is 0 Å². The average molecular weight is 459 g/mol. The second-order valence-corrected chi connectivity index (χ2v) is 9.76. The SMILES string of the molecule is C.CC(C)C.CC(C)C.CC(C)C.CC(C)C.CCC.CCC.CCC.CCC.[2H]C.[2H]C. The largest absolute Gasteiger partial charge is 0.0776 e. The zero-order valence-electron chi connectivity index (χ0n) is 29.1. The molecule has 0 radical (unpaired) electrons. The van der Waals surface area contributed by atoms with Crippen LogP contribution in [0, 0.1) is 23.7 Å². The molecule has 0 aromatic heterocycles. The quantitative estimate of drug-likeness (QED) is 0.338. The van der Waals surface area contributed by atoms with E-state index in [1.165, 1.54) is 40.5 Å². The maximum Gasteiger partial charge on any atom is 0.0194 e. The Hall–Kier alpha value is 0. The molecule has 0 aromatic carbocycles. The lowest BCUT2D eigenvalue weighted by Gasteiger charge is -1.79. The van der Waals surface area contributed by atoms with Gasteiger partial charge in [0.1, 0.15) is 0 Å². The Labute approximate surface area is 213 Å². The maximum atomic E-state index is 5.75. The van der Waals surface area contributed by atoms with Crippen LogP contribution in [0.1, 0.15) is 189 Å². The number of rotatable bonds is 0. The smallest absolute Gasteiger partial charge is 0.0194 e. The summed E-state index contributed by atoms with van der Waals surface area (Å²) in [6.45, 7) is 43.0. The summed E-state index contributed by atoms with van der Waals surface area (Å²) in [7, 11) is 2.50. The summed E-state index contributed by atoms with van der Waals surface area (Å²) in [6, 6.07) is 0. The molecule has 208 valence electrons. The minimum Gasteiger partial charge on any atom is -0.0776 e. The first-order valence-corrected chi connectivity index (χ1v) is 12.6. The molecule has 0 saturated heterocycles. The highest BCUT2D eigenvalue weighted by molar-refractivity contribution is 4.21. The summed E-state index contributed by atoms with van der Waals surface area (Å²) in [4.78, 5) is 0. The monoisotopic (exact) mass is 459 g/mol. The van der Waals surface area contributed by atoms with E-state index in [9.17, 15) is 0 Å². The fourth-order valence-corrected chi connectivity index (χ4v) is 0. The lowest BCUT2D eigenvalue weighted by molar-refractivity contribution is 0.736. The van der Waals surface area contributed by atoms with Crippen LogP contribution in [0.4, 0.5) is 0 Å². The summed E-state index contributed by atoms with van der Waals surface area (Å²) < 4.78 is 11.5. The Kier molecular flexibility index (Phi) is 183. The molecule has 0 saturated carbocycles. The Morgan fingerprint density at radius 3 is 0.323 bits per heavy atom. The van der Waals surface area contributed by atoms with Gasteiger partial charge in [-0.3, -0.25) is 0 Å². The standard InChI is InChI=1S/4C4H10.4C3H8.3CH4/c4*1-4(2)3;4*1-3-2;;;/h4*4H,1-3H3;4*3H2,1-2H3;3*1H4/i;;;;;;;;2*1D;. The predicted molar refractivity (Wildman–Crippen MR) is 166 cm³/mol. The first kappa shape index (κ1) is 57.6. The summed E-state index contributed by atoms with van der Waals surface area (Å²) in [5.74, 6) is 3.33. The van der Waals surface area contributed by atoms with Crippen LogP contribution in [0.3, 0.4) is 0 Å². The van der Waals surface area contributed by atoms with Crippen LogP contribution in [0.25, 0.3) is 0 Å². The number of hydrogen-bond acceptors (Lipinski definition) is 0. The molecule has 0 nitrogen and oxygen atoms in total. The van der Waals surface area contributed by atoms with Crippen molar-refractivity contribution in [3.63, 3.8) is 0 Å². The van der Waals surface area contributed by atoms with Crippen molar-refractivity contribution in [1.29, 1.82) is 0 Å². The van der Waals surface area contributed by atoms with Crippen molar-refractivity contribution in [2.24, 2.45) is 23.7 Å². The van der Waals surface area contributed by atoms with Crippen LogP contribution in [-0.4, -0.2) is 0 Å². The van der Waals surface area contributed by atoms with Crippen molar-refractivity contribution in [1.82, 2.24) is 0 Å². The van der Waals surface area contributed by atoms with Gasteiger partial charge in [-0.25, -0.2) is 0 Å². The molecule has 31 heavy (non-hydrogen) atoms. The first-order valence-electron chi connectivity index (χ1n) is 14.6. The van der Waals surface area contributed by atoms with Gasteiger partial charge in [-0.1, -0.05) is 186 Å². The Bertz CT molecular complexity index is 87.9. The molecule has 0 amide bonds. The maximum absolute atomic E-state index is 5.75.